The maximum absolute atomic E-state index is 14.2. The van der Waals surface area contributed by atoms with Crippen LogP contribution >= 0.6 is 11.8 Å². The van der Waals surface area contributed by atoms with E-state index in [1.165, 1.54) is 28.4 Å². The standard InChI is InChI=1S/C35H52F3N7O3S2/c1-3-29(30-7-4-14-39-30)40-15-22-49-32-23-25(9-10-28(32)35(36,37)38)34-27-24-43(50(2,47)48)21-13-31(27)45(41-34)18-6-16-42-19-11-26(12-20-42)44-17-5-8-33(44)46/h9-10,23,26,29-30,39-40H,3-8,11-22,24H2,1-2H3. The molecule has 2 N–H and O–H groups in total. The van der Waals surface area contributed by atoms with Gasteiger partial charge in [-0.15, -0.1) is 11.8 Å². The lowest BCUT2D eigenvalue weighted by Gasteiger charge is -2.36. The van der Waals surface area contributed by atoms with Crippen LogP contribution in [0.5, 0.6) is 0 Å². The molecule has 10 nitrogen and oxygen atoms in total. The normalized spacial score (nSPS) is 22.1. The first-order valence-corrected chi connectivity index (χ1v) is 21.1. The minimum absolute atomic E-state index is 0.146. The van der Waals surface area contributed by atoms with Crippen LogP contribution in [0.1, 0.15) is 75.1 Å². The largest absolute Gasteiger partial charge is 0.417 e. The Kier molecular flexibility index (Phi) is 12.2. The monoisotopic (exact) mass is 739 g/mol. The van der Waals surface area contributed by atoms with Crippen molar-refractivity contribution in [2.24, 2.45) is 0 Å². The minimum atomic E-state index is -4.50. The average Bonchev–Trinajstić information content (AvgIpc) is 3.85. The highest BCUT2D eigenvalue weighted by atomic mass is 32.2. The molecule has 2 atom stereocenters. The predicted molar refractivity (Wildman–Crippen MR) is 190 cm³/mol. The van der Waals surface area contributed by atoms with Crippen molar-refractivity contribution < 1.29 is 26.4 Å². The molecule has 5 heterocycles. The zero-order valence-electron chi connectivity index (χ0n) is 29.3. The molecule has 4 aliphatic heterocycles. The molecule has 3 saturated heterocycles. The van der Waals surface area contributed by atoms with E-state index in [1.54, 1.807) is 6.07 Å². The fraction of sp³-hybridized carbons (Fsp3) is 0.714. The van der Waals surface area contributed by atoms with Gasteiger partial charge in [0.1, 0.15) is 0 Å². The molecule has 1 amide bonds. The Labute approximate surface area is 298 Å². The smallest absolute Gasteiger partial charge is 0.340 e. The van der Waals surface area contributed by atoms with Gasteiger partial charge in [-0.3, -0.25) is 9.48 Å². The number of fused-ring (bicyclic) bond motifs is 1. The van der Waals surface area contributed by atoms with E-state index >= 15 is 0 Å². The Morgan fingerprint density at radius 2 is 1.88 bits per heavy atom. The number of piperidine rings is 1. The highest BCUT2D eigenvalue weighted by Gasteiger charge is 2.35. The molecule has 278 valence electrons. The van der Waals surface area contributed by atoms with Gasteiger partial charge in [0, 0.05) is 104 Å². The highest BCUT2D eigenvalue weighted by Crippen LogP contribution is 2.40. The van der Waals surface area contributed by atoms with Gasteiger partial charge in [0.2, 0.25) is 15.9 Å². The second kappa shape index (κ2) is 16.2. The molecular weight excluding hydrogens is 688 g/mol. The van der Waals surface area contributed by atoms with E-state index in [9.17, 15) is 26.4 Å². The predicted octanol–water partition coefficient (Wildman–Crippen LogP) is 4.58. The third-order valence-corrected chi connectivity index (χ3v) is 13.2. The van der Waals surface area contributed by atoms with E-state index in [4.69, 9.17) is 5.10 Å². The van der Waals surface area contributed by atoms with Crippen molar-refractivity contribution in [1.82, 2.24) is 34.5 Å². The molecule has 0 saturated carbocycles. The number of amides is 1. The summed E-state index contributed by atoms with van der Waals surface area (Å²) in [7, 11) is -3.47. The van der Waals surface area contributed by atoms with Crippen molar-refractivity contribution in [3.8, 4) is 11.3 Å². The molecule has 1 aromatic heterocycles. The lowest BCUT2D eigenvalue weighted by atomic mass is 10.0. The summed E-state index contributed by atoms with van der Waals surface area (Å²) >= 11 is 1.19. The number of nitrogens with one attached hydrogen (secondary N) is 2. The zero-order chi connectivity index (χ0) is 35.5. The van der Waals surface area contributed by atoms with E-state index in [0.717, 1.165) is 95.0 Å². The van der Waals surface area contributed by atoms with Gasteiger partial charge in [-0.25, -0.2) is 8.42 Å². The van der Waals surface area contributed by atoms with E-state index < -0.39 is 21.8 Å². The average molecular weight is 740 g/mol. The summed E-state index contributed by atoms with van der Waals surface area (Å²) in [6.07, 6.45) is 4.81. The SMILES string of the molecule is CCC(NCCSc1cc(-c2nn(CCCN3CCC(N4CCCC4=O)CC3)c3c2CN(S(C)(=O)=O)CC3)ccc1C(F)(F)F)C1CCCN1. The Hall–Kier alpha value is -2.17. The van der Waals surface area contributed by atoms with E-state index in [2.05, 4.69) is 27.4 Å². The Morgan fingerprint density at radius 1 is 1.08 bits per heavy atom. The van der Waals surface area contributed by atoms with Crippen LogP contribution in [0.4, 0.5) is 13.2 Å². The van der Waals surface area contributed by atoms with Gasteiger partial charge in [0.25, 0.3) is 0 Å². The molecule has 1 aromatic carbocycles. The summed E-state index contributed by atoms with van der Waals surface area (Å²) in [6.45, 7) is 8.48. The molecular formula is C35H52F3N7O3S2. The highest BCUT2D eigenvalue weighted by molar-refractivity contribution is 7.99. The van der Waals surface area contributed by atoms with Gasteiger partial charge in [0.15, 0.2) is 0 Å². The molecule has 0 spiro atoms. The topological polar surface area (TPSA) is 103 Å². The van der Waals surface area contributed by atoms with Crippen LogP contribution in [0, 0.1) is 0 Å². The van der Waals surface area contributed by atoms with E-state index in [0.29, 0.717) is 61.6 Å². The van der Waals surface area contributed by atoms with Crippen molar-refractivity contribution in [3.63, 3.8) is 0 Å². The molecule has 2 aromatic rings. The summed E-state index contributed by atoms with van der Waals surface area (Å²) < 4.78 is 71.1. The Bertz CT molecular complexity index is 1590. The van der Waals surface area contributed by atoms with Crippen LogP contribution in [-0.4, -0.2) is 114 Å². The van der Waals surface area contributed by atoms with Crippen LogP contribution in [0.2, 0.25) is 0 Å². The first-order valence-electron chi connectivity index (χ1n) is 18.3. The number of hydrogen-bond acceptors (Lipinski definition) is 8. The number of likely N-dealkylation sites (tertiary alicyclic amines) is 2. The first-order chi connectivity index (χ1) is 23.9. The Morgan fingerprint density at radius 3 is 2.54 bits per heavy atom. The number of aryl methyl sites for hydroxylation is 1. The number of rotatable bonds is 14. The molecule has 15 heteroatoms. The second-order valence-electron chi connectivity index (χ2n) is 14.2. The molecule has 6 rings (SSSR count). The summed E-state index contributed by atoms with van der Waals surface area (Å²) in [5, 5.41) is 12.0. The third kappa shape index (κ3) is 8.88. The quantitative estimate of drug-likeness (QED) is 0.215. The maximum Gasteiger partial charge on any atom is 0.417 e. The fourth-order valence-electron chi connectivity index (χ4n) is 8.17. The van der Waals surface area contributed by atoms with Crippen molar-refractivity contribution in [2.75, 3.05) is 57.8 Å². The van der Waals surface area contributed by atoms with Gasteiger partial charge in [-0.1, -0.05) is 13.0 Å². The second-order valence-corrected chi connectivity index (χ2v) is 17.3. The van der Waals surface area contributed by atoms with Crippen LogP contribution in [0.25, 0.3) is 11.3 Å². The van der Waals surface area contributed by atoms with Gasteiger partial charge >= 0.3 is 6.18 Å². The molecule has 2 unspecified atom stereocenters. The first kappa shape index (κ1) is 37.6. The van der Waals surface area contributed by atoms with Gasteiger partial charge in [-0.05, 0) is 70.2 Å². The number of aromatic nitrogens is 2. The number of halogens is 3. The van der Waals surface area contributed by atoms with Crippen molar-refractivity contribution in [2.45, 2.75) is 107 Å². The van der Waals surface area contributed by atoms with Crippen molar-refractivity contribution in [1.29, 1.82) is 0 Å². The van der Waals surface area contributed by atoms with E-state index in [-0.39, 0.29) is 23.4 Å². The number of carbonyl (C=O) groups excluding carboxylic acids is 1. The lowest BCUT2D eigenvalue weighted by Crippen LogP contribution is -2.45. The minimum Gasteiger partial charge on any atom is -0.340 e. The molecule has 50 heavy (non-hydrogen) atoms. The molecule has 0 bridgehead atoms. The molecule has 0 radical (unpaired) electrons. The molecule has 4 aliphatic rings. The number of nitrogens with zero attached hydrogens (tertiary/aromatic N) is 5. The van der Waals surface area contributed by atoms with Crippen molar-refractivity contribution in [3.05, 3.63) is 35.0 Å². The summed E-state index contributed by atoms with van der Waals surface area (Å²) in [4.78, 5) is 16.9. The summed E-state index contributed by atoms with van der Waals surface area (Å²) in [6, 6.07) is 5.23. The van der Waals surface area contributed by atoms with Crippen LogP contribution in [0.15, 0.2) is 23.1 Å². The summed E-state index contributed by atoms with van der Waals surface area (Å²) in [5.74, 6) is 0.765. The van der Waals surface area contributed by atoms with Crippen LogP contribution in [-0.2, 0) is 40.5 Å². The molecule has 0 aliphatic carbocycles. The summed E-state index contributed by atoms with van der Waals surface area (Å²) in [5.41, 5.74) is 2.18. The number of benzene rings is 1. The number of thioether (sulfide) groups is 1. The van der Waals surface area contributed by atoms with Gasteiger partial charge in [0.05, 0.1) is 17.5 Å². The van der Waals surface area contributed by atoms with Crippen LogP contribution < -0.4 is 10.6 Å². The number of sulfonamides is 1. The Balaban J connectivity index is 1.16. The number of carbonyl (C=O) groups is 1. The van der Waals surface area contributed by atoms with Gasteiger partial charge < -0.3 is 20.4 Å². The third-order valence-electron chi connectivity index (χ3n) is 10.9. The fourth-order valence-corrected chi connectivity index (χ4v) is 9.95. The maximum atomic E-state index is 14.2. The number of hydrogen-bond donors (Lipinski definition) is 2. The van der Waals surface area contributed by atoms with Gasteiger partial charge in [-0.2, -0.15) is 22.6 Å². The molecule has 3 fully saturated rings. The van der Waals surface area contributed by atoms with E-state index in [1.807, 2.05) is 4.68 Å². The van der Waals surface area contributed by atoms with Crippen LogP contribution in [0.3, 0.4) is 0 Å². The van der Waals surface area contributed by atoms with Crippen molar-refractivity contribution >= 4 is 27.7 Å². The lowest BCUT2D eigenvalue weighted by molar-refractivity contribution is -0.139. The number of alkyl halides is 3. The zero-order valence-corrected chi connectivity index (χ0v) is 30.9.